The Bertz CT molecular complexity index is 137. The number of hydrogen-bond acceptors (Lipinski definition) is 3. The van der Waals surface area contributed by atoms with Gasteiger partial charge in [-0.25, -0.2) is 0 Å². The maximum Gasteiger partial charge on any atom is 0.0746 e. The lowest BCUT2D eigenvalue weighted by atomic mass is 9.94. The molecule has 0 aliphatic rings. The minimum Gasteiger partial charge on any atom is -0.389 e. The van der Waals surface area contributed by atoms with Crippen LogP contribution in [0.4, 0.5) is 0 Å². The topological polar surface area (TPSA) is 32.3 Å². The first-order valence-electron chi connectivity index (χ1n) is 5.40. The molecule has 0 saturated carbocycles. The van der Waals surface area contributed by atoms with Crippen LogP contribution in [0.5, 0.6) is 0 Å². The smallest absolute Gasteiger partial charge is 0.0746 e. The van der Waals surface area contributed by atoms with E-state index in [9.17, 15) is 5.11 Å². The van der Waals surface area contributed by atoms with E-state index in [1.54, 1.807) is 0 Å². The molecular formula is C11H25NOS. The van der Waals surface area contributed by atoms with Crippen molar-refractivity contribution < 1.29 is 5.11 Å². The van der Waals surface area contributed by atoms with Gasteiger partial charge in [-0.1, -0.05) is 13.8 Å². The Morgan fingerprint density at radius 3 is 2.57 bits per heavy atom. The number of thioether (sulfide) groups is 1. The van der Waals surface area contributed by atoms with Crippen LogP contribution in [0.1, 0.15) is 33.6 Å². The molecule has 0 aromatic carbocycles. The number of hydrogen-bond donors (Lipinski definition) is 2. The van der Waals surface area contributed by atoms with E-state index in [1.807, 2.05) is 18.7 Å². The molecule has 14 heavy (non-hydrogen) atoms. The molecule has 0 radical (unpaired) electrons. The van der Waals surface area contributed by atoms with Crippen molar-refractivity contribution in [1.82, 2.24) is 5.32 Å². The Kier molecular flexibility index (Phi) is 7.69. The van der Waals surface area contributed by atoms with Crippen molar-refractivity contribution in [1.29, 1.82) is 0 Å². The summed E-state index contributed by atoms with van der Waals surface area (Å²) >= 11 is 1.87. The Balaban J connectivity index is 3.45. The number of nitrogens with one attached hydrogen (secondary N) is 1. The first kappa shape index (κ1) is 14.3. The third-order valence-electron chi connectivity index (χ3n) is 2.06. The molecule has 0 fully saturated rings. The third-order valence-corrected chi connectivity index (χ3v) is 2.75. The molecule has 0 amide bonds. The van der Waals surface area contributed by atoms with E-state index >= 15 is 0 Å². The van der Waals surface area contributed by atoms with Crippen molar-refractivity contribution in [2.24, 2.45) is 5.92 Å². The molecule has 1 unspecified atom stereocenters. The summed E-state index contributed by atoms with van der Waals surface area (Å²) in [5.74, 6) is 1.75. The lowest BCUT2D eigenvalue weighted by Gasteiger charge is -2.25. The van der Waals surface area contributed by atoms with Crippen LogP contribution in [0, 0.1) is 5.92 Å². The van der Waals surface area contributed by atoms with Crippen molar-refractivity contribution in [3.8, 4) is 0 Å². The van der Waals surface area contributed by atoms with Gasteiger partial charge >= 0.3 is 0 Å². The van der Waals surface area contributed by atoms with Crippen LogP contribution in [-0.2, 0) is 0 Å². The Hall–Kier alpha value is 0.270. The van der Waals surface area contributed by atoms with Gasteiger partial charge < -0.3 is 10.4 Å². The number of rotatable bonds is 8. The van der Waals surface area contributed by atoms with Gasteiger partial charge in [0.15, 0.2) is 0 Å². The lowest BCUT2D eigenvalue weighted by Crippen LogP contribution is -2.39. The average molecular weight is 219 g/mol. The molecule has 2 nitrogen and oxygen atoms in total. The second kappa shape index (κ2) is 7.55. The van der Waals surface area contributed by atoms with Gasteiger partial charge in [0.2, 0.25) is 0 Å². The first-order chi connectivity index (χ1) is 6.48. The van der Waals surface area contributed by atoms with Crippen LogP contribution in [-0.4, -0.2) is 35.8 Å². The normalized spacial score (nSPS) is 15.9. The number of aliphatic hydroxyl groups is 1. The third kappa shape index (κ3) is 8.85. The van der Waals surface area contributed by atoms with Gasteiger partial charge in [0.1, 0.15) is 0 Å². The summed E-state index contributed by atoms with van der Waals surface area (Å²) in [6.07, 6.45) is 4.16. The van der Waals surface area contributed by atoms with Gasteiger partial charge in [0.25, 0.3) is 0 Å². The van der Waals surface area contributed by atoms with Gasteiger partial charge in [0, 0.05) is 6.54 Å². The molecule has 0 aliphatic heterocycles. The van der Waals surface area contributed by atoms with Crippen molar-refractivity contribution in [2.45, 2.75) is 39.2 Å². The summed E-state index contributed by atoms with van der Waals surface area (Å²) in [6.45, 7) is 7.91. The standard InChI is InChI=1S/C11H25NOS/c1-10(2)8-11(3,13)9-12-6-5-7-14-4/h10,12-13H,5-9H2,1-4H3. The predicted octanol–water partition coefficient (Wildman–Crippen LogP) is 2.13. The second-order valence-electron chi connectivity index (χ2n) is 4.62. The quantitative estimate of drug-likeness (QED) is 0.613. The van der Waals surface area contributed by atoms with Crippen LogP contribution in [0.2, 0.25) is 0 Å². The Labute approximate surface area is 92.9 Å². The average Bonchev–Trinajstić information content (AvgIpc) is 2.01. The van der Waals surface area contributed by atoms with Crippen LogP contribution in [0.25, 0.3) is 0 Å². The molecule has 2 N–H and O–H groups in total. The fraction of sp³-hybridized carbons (Fsp3) is 1.00. The second-order valence-corrected chi connectivity index (χ2v) is 5.60. The molecule has 0 bridgehead atoms. The first-order valence-corrected chi connectivity index (χ1v) is 6.79. The Morgan fingerprint density at radius 2 is 2.07 bits per heavy atom. The molecule has 0 rings (SSSR count). The predicted molar refractivity (Wildman–Crippen MR) is 65.9 cm³/mol. The SMILES string of the molecule is CSCCCNCC(C)(O)CC(C)C. The highest BCUT2D eigenvalue weighted by Crippen LogP contribution is 2.14. The molecule has 1 atom stereocenters. The largest absolute Gasteiger partial charge is 0.389 e. The maximum atomic E-state index is 9.97. The molecule has 86 valence electrons. The fourth-order valence-electron chi connectivity index (χ4n) is 1.65. The zero-order valence-corrected chi connectivity index (χ0v) is 10.8. The van der Waals surface area contributed by atoms with Crippen LogP contribution >= 0.6 is 11.8 Å². The molecule has 3 heteroatoms. The van der Waals surface area contributed by atoms with Crippen molar-refractivity contribution >= 4 is 11.8 Å². The fourth-order valence-corrected chi connectivity index (χ4v) is 2.08. The van der Waals surface area contributed by atoms with E-state index in [4.69, 9.17) is 0 Å². The van der Waals surface area contributed by atoms with Crippen LogP contribution < -0.4 is 5.32 Å². The van der Waals surface area contributed by atoms with Crippen molar-refractivity contribution in [2.75, 3.05) is 25.1 Å². The van der Waals surface area contributed by atoms with E-state index in [0.29, 0.717) is 12.5 Å². The Morgan fingerprint density at radius 1 is 1.43 bits per heavy atom. The monoisotopic (exact) mass is 219 g/mol. The van der Waals surface area contributed by atoms with Gasteiger partial charge in [-0.05, 0) is 44.2 Å². The highest BCUT2D eigenvalue weighted by molar-refractivity contribution is 7.98. The van der Waals surface area contributed by atoms with E-state index in [0.717, 1.165) is 13.0 Å². The van der Waals surface area contributed by atoms with Gasteiger partial charge in [-0.3, -0.25) is 0 Å². The molecule has 0 aliphatic carbocycles. The molecular weight excluding hydrogens is 194 g/mol. The minimum absolute atomic E-state index is 0.548. The summed E-state index contributed by atoms with van der Waals surface area (Å²) in [5.41, 5.74) is -0.548. The molecule has 0 aromatic rings. The van der Waals surface area contributed by atoms with Gasteiger partial charge in [-0.2, -0.15) is 11.8 Å². The van der Waals surface area contributed by atoms with Gasteiger partial charge in [-0.15, -0.1) is 0 Å². The highest BCUT2D eigenvalue weighted by Gasteiger charge is 2.20. The zero-order chi connectivity index (χ0) is 11.0. The summed E-state index contributed by atoms with van der Waals surface area (Å²) in [7, 11) is 0. The van der Waals surface area contributed by atoms with Crippen LogP contribution in [0.15, 0.2) is 0 Å². The van der Waals surface area contributed by atoms with E-state index in [2.05, 4.69) is 25.4 Å². The lowest BCUT2D eigenvalue weighted by molar-refractivity contribution is 0.0388. The maximum absolute atomic E-state index is 9.97. The van der Waals surface area contributed by atoms with Crippen molar-refractivity contribution in [3.63, 3.8) is 0 Å². The van der Waals surface area contributed by atoms with Crippen LogP contribution in [0.3, 0.4) is 0 Å². The minimum atomic E-state index is -0.548. The van der Waals surface area contributed by atoms with Crippen molar-refractivity contribution in [3.05, 3.63) is 0 Å². The molecule has 0 saturated heterocycles. The summed E-state index contributed by atoms with van der Waals surface area (Å²) in [4.78, 5) is 0. The summed E-state index contributed by atoms with van der Waals surface area (Å²) in [5, 5.41) is 13.3. The van der Waals surface area contributed by atoms with E-state index in [1.165, 1.54) is 12.2 Å². The molecule has 0 aromatic heterocycles. The molecule has 0 heterocycles. The summed E-state index contributed by atoms with van der Waals surface area (Å²) in [6, 6.07) is 0. The molecule has 0 spiro atoms. The van der Waals surface area contributed by atoms with E-state index in [-0.39, 0.29) is 0 Å². The highest BCUT2D eigenvalue weighted by atomic mass is 32.2. The van der Waals surface area contributed by atoms with E-state index < -0.39 is 5.60 Å². The summed E-state index contributed by atoms with van der Waals surface area (Å²) < 4.78 is 0. The zero-order valence-electron chi connectivity index (χ0n) is 9.97. The van der Waals surface area contributed by atoms with Gasteiger partial charge in [0.05, 0.1) is 5.60 Å².